The first kappa shape index (κ1) is 11.4. The molecule has 2 nitrogen and oxygen atoms in total. The summed E-state index contributed by atoms with van der Waals surface area (Å²) in [6.07, 6.45) is 3.31. The van der Waals surface area contributed by atoms with Crippen molar-refractivity contribution in [3.8, 4) is 5.75 Å². The van der Waals surface area contributed by atoms with Gasteiger partial charge >= 0.3 is 0 Å². The third-order valence-electron chi connectivity index (χ3n) is 1.50. The van der Waals surface area contributed by atoms with Gasteiger partial charge in [-0.15, -0.1) is 0 Å². The molecule has 1 aromatic carbocycles. The van der Waals surface area contributed by atoms with Gasteiger partial charge in [0.25, 0.3) is 0 Å². The molecule has 0 bridgehead atoms. The van der Waals surface area contributed by atoms with Gasteiger partial charge in [0.1, 0.15) is 12.4 Å². The Balaban J connectivity index is 2.55. The number of halogens is 2. The number of hydrogen-bond acceptors (Lipinski definition) is 2. The van der Waals surface area contributed by atoms with Crippen LogP contribution in [-0.2, 0) is 0 Å². The van der Waals surface area contributed by atoms with Crippen LogP contribution in [-0.4, -0.2) is 18.3 Å². The Hall–Kier alpha value is -0.700. The Labute approximate surface area is 92.7 Å². The van der Waals surface area contributed by atoms with Crippen molar-refractivity contribution in [1.82, 2.24) is 0 Å². The maximum Gasteiger partial charge on any atom is 0.138 e. The molecular formula is C10H10Cl2O2. The molecule has 1 aromatic rings. The molecule has 0 aliphatic carbocycles. The molecule has 0 amide bonds. The molecule has 0 atom stereocenters. The first-order valence-electron chi connectivity index (χ1n) is 4.07. The molecule has 0 aromatic heterocycles. The molecule has 0 spiro atoms. The lowest BCUT2D eigenvalue weighted by molar-refractivity contribution is 0.336. The topological polar surface area (TPSA) is 29.5 Å². The summed E-state index contributed by atoms with van der Waals surface area (Å²) in [5, 5.41) is 9.53. The average molecular weight is 233 g/mol. The molecule has 4 heteroatoms. The Kier molecular flexibility index (Phi) is 4.80. The summed E-state index contributed by atoms with van der Waals surface area (Å²) in [5.41, 5.74) is 0. The molecular weight excluding hydrogens is 223 g/mol. The van der Waals surface area contributed by atoms with Crippen molar-refractivity contribution in [1.29, 1.82) is 0 Å². The number of hydrogen-bond donors (Lipinski definition) is 1. The second kappa shape index (κ2) is 5.91. The van der Waals surface area contributed by atoms with Gasteiger partial charge in [0, 0.05) is 5.02 Å². The summed E-state index contributed by atoms with van der Waals surface area (Å²) in [7, 11) is 0. The van der Waals surface area contributed by atoms with Gasteiger partial charge in [0.2, 0.25) is 0 Å². The molecule has 0 aliphatic rings. The second-order valence-corrected chi connectivity index (χ2v) is 3.38. The fourth-order valence-corrected chi connectivity index (χ4v) is 1.34. The van der Waals surface area contributed by atoms with E-state index in [1.54, 1.807) is 30.4 Å². The van der Waals surface area contributed by atoms with Crippen LogP contribution in [0.3, 0.4) is 0 Å². The van der Waals surface area contributed by atoms with Crippen LogP contribution in [0.5, 0.6) is 5.75 Å². The van der Waals surface area contributed by atoms with Gasteiger partial charge in [-0.3, -0.25) is 0 Å². The lowest BCUT2D eigenvalue weighted by Gasteiger charge is -2.05. The third-order valence-corrected chi connectivity index (χ3v) is 2.03. The van der Waals surface area contributed by atoms with Gasteiger partial charge in [-0.25, -0.2) is 0 Å². The first-order chi connectivity index (χ1) is 6.74. The molecule has 0 saturated carbocycles. The average Bonchev–Trinajstić information content (AvgIpc) is 2.15. The lowest BCUT2D eigenvalue weighted by atomic mass is 10.3. The normalized spacial score (nSPS) is 10.8. The van der Waals surface area contributed by atoms with E-state index >= 15 is 0 Å². The molecule has 0 radical (unpaired) electrons. The van der Waals surface area contributed by atoms with Crippen molar-refractivity contribution in [2.24, 2.45) is 0 Å². The van der Waals surface area contributed by atoms with Crippen LogP contribution >= 0.6 is 23.2 Å². The predicted molar refractivity (Wildman–Crippen MR) is 58.2 cm³/mol. The summed E-state index contributed by atoms with van der Waals surface area (Å²) in [5.74, 6) is 0.582. The van der Waals surface area contributed by atoms with Crippen LogP contribution in [0.1, 0.15) is 0 Å². The number of benzene rings is 1. The molecule has 0 aliphatic heterocycles. The maximum atomic E-state index is 8.47. The minimum atomic E-state index is 0.0116. The van der Waals surface area contributed by atoms with Gasteiger partial charge in [-0.2, -0.15) is 0 Å². The van der Waals surface area contributed by atoms with Crippen LogP contribution < -0.4 is 4.74 Å². The Morgan fingerprint density at radius 2 is 2.07 bits per heavy atom. The molecule has 0 unspecified atom stereocenters. The summed E-state index contributed by atoms with van der Waals surface area (Å²) in [6.45, 7) is 0.389. The van der Waals surface area contributed by atoms with Crippen LogP contribution in [0.4, 0.5) is 0 Å². The van der Waals surface area contributed by atoms with Crippen molar-refractivity contribution >= 4 is 23.2 Å². The molecule has 14 heavy (non-hydrogen) atoms. The Bertz CT molecular complexity index is 324. The van der Waals surface area contributed by atoms with Crippen molar-refractivity contribution in [3.63, 3.8) is 0 Å². The smallest absolute Gasteiger partial charge is 0.138 e. The second-order valence-electron chi connectivity index (χ2n) is 2.54. The maximum absolute atomic E-state index is 8.47. The third kappa shape index (κ3) is 3.58. The van der Waals surface area contributed by atoms with Gasteiger partial charge in [-0.05, 0) is 24.3 Å². The Morgan fingerprint density at radius 1 is 1.29 bits per heavy atom. The highest BCUT2D eigenvalue weighted by molar-refractivity contribution is 6.35. The number of aliphatic hydroxyl groups is 1. The van der Waals surface area contributed by atoms with Crippen LogP contribution in [0.25, 0.3) is 0 Å². The predicted octanol–water partition coefficient (Wildman–Crippen LogP) is 2.92. The Morgan fingerprint density at radius 3 is 2.71 bits per heavy atom. The molecule has 1 N–H and O–H groups in total. The standard InChI is InChI=1S/C10H10Cl2O2/c11-8-3-4-10(9(12)7-8)14-6-2-1-5-13/h1-4,7,13H,5-6H2/b2-1-. The van der Waals surface area contributed by atoms with E-state index < -0.39 is 0 Å². The van der Waals surface area contributed by atoms with E-state index in [9.17, 15) is 0 Å². The van der Waals surface area contributed by atoms with Crippen molar-refractivity contribution in [3.05, 3.63) is 40.4 Å². The fraction of sp³-hybridized carbons (Fsp3) is 0.200. The van der Waals surface area contributed by atoms with E-state index in [4.69, 9.17) is 33.0 Å². The summed E-state index contributed by atoms with van der Waals surface area (Å²) < 4.78 is 5.31. The monoisotopic (exact) mass is 232 g/mol. The van der Waals surface area contributed by atoms with Crippen molar-refractivity contribution in [2.75, 3.05) is 13.2 Å². The zero-order valence-corrected chi connectivity index (χ0v) is 8.92. The highest BCUT2D eigenvalue weighted by Crippen LogP contribution is 2.27. The van der Waals surface area contributed by atoms with Crippen LogP contribution in [0, 0.1) is 0 Å². The molecule has 0 fully saturated rings. The summed E-state index contributed by atoms with van der Waals surface area (Å²) >= 11 is 11.6. The quantitative estimate of drug-likeness (QED) is 0.810. The van der Waals surface area contributed by atoms with Crippen LogP contribution in [0.15, 0.2) is 30.4 Å². The van der Waals surface area contributed by atoms with Crippen molar-refractivity contribution < 1.29 is 9.84 Å². The number of rotatable bonds is 4. The van der Waals surface area contributed by atoms with E-state index in [0.29, 0.717) is 22.4 Å². The highest BCUT2D eigenvalue weighted by atomic mass is 35.5. The first-order valence-corrected chi connectivity index (χ1v) is 4.83. The van der Waals surface area contributed by atoms with Gasteiger partial charge < -0.3 is 9.84 Å². The van der Waals surface area contributed by atoms with E-state index in [2.05, 4.69) is 0 Å². The highest BCUT2D eigenvalue weighted by Gasteiger charge is 2.00. The van der Waals surface area contributed by atoms with Gasteiger partial charge in [-0.1, -0.05) is 29.3 Å². The molecule has 0 heterocycles. The minimum Gasteiger partial charge on any atom is -0.488 e. The SMILES string of the molecule is OC/C=C\COc1ccc(Cl)cc1Cl. The number of aliphatic hydroxyl groups excluding tert-OH is 1. The fourth-order valence-electron chi connectivity index (χ4n) is 0.873. The van der Waals surface area contributed by atoms with Gasteiger partial charge in [0.05, 0.1) is 11.6 Å². The lowest BCUT2D eigenvalue weighted by Crippen LogP contribution is -1.94. The van der Waals surface area contributed by atoms with E-state index in [-0.39, 0.29) is 6.61 Å². The molecule has 0 saturated heterocycles. The van der Waals surface area contributed by atoms with Crippen molar-refractivity contribution in [2.45, 2.75) is 0 Å². The summed E-state index contributed by atoms with van der Waals surface area (Å²) in [4.78, 5) is 0. The van der Waals surface area contributed by atoms with Gasteiger partial charge in [0.15, 0.2) is 0 Å². The van der Waals surface area contributed by atoms with E-state index in [1.807, 2.05) is 0 Å². The molecule has 76 valence electrons. The van der Waals surface area contributed by atoms with E-state index in [0.717, 1.165) is 0 Å². The number of ether oxygens (including phenoxy) is 1. The summed E-state index contributed by atoms with van der Waals surface area (Å²) in [6, 6.07) is 5.03. The van der Waals surface area contributed by atoms with E-state index in [1.165, 1.54) is 0 Å². The zero-order valence-electron chi connectivity index (χ0n) is 7.41. The minimum absolute atomic E-state index is 0.0116. The van der Waals surface area contributed by atoms with Crippen LogP contribution in [0.2, 0.25) is 10.0 Å². The zero-order chi connectivity index (χ0) is 10.4. The largest absolute Gasteiger partial charge is 0.488 e. The molecule has 1 rings (SSSR count).